The predicted molar refractivity (Wildman–Crippen MR) is 92.9 cm³/mol. The van der Waals surface area contributed by atoms with Crippen LogP contribution in [0.1, 0.15) is 0 Å². The fourth-order valence-corrected chi connectivity index (χ4v) is 2.36. The fraction of sp³-hybridized carbons (Fsp3) is 0.111. The Morgan fingerprint density at radius 2 is 1.74 bits per heavy atom. The molecule has 2 N–H and O–H groups in total. The van der Waals surface area contributed by atoms with E-state index in [1.54, 1.807) is 13.4 Å². The lowest BCUT2D eigenvalue weighted by Gasteiger charge is -2.19. The van der Waals surface area contributed by atoms with Gasteiger partial charge in [0, 0.05) is 30.1 Å². The molecule has 0 fully saturated rings. The van der Waals surface area contributed by atoms with Crippen molar-refractivity contribution in [1.29, 1.82) is 0 Å². The molecule has 0 aliphatic carbocycles. The zero-order valence-corrected chi connectivity index (χ0v) is 13.1. The number of hydrogen-bond acceptors (Lipinski definition) is 5. The second-order valence-electron chi connectivity index (χ2n) is 5.11. The van der Waals surface area contributed by atoms with Crippen LogP contribution in [-0.2, 0) is 0 Å². The zero-order valence-electron chi connectivity index (χ0n) is 13.1. The quantitative estimate of drug-likeness (QED) is 0.747. The number of nitrogens with zero attached hydrogens (tertiary/aromatic N) is 3. The van der Waals surface area contributed by atoms with Crippen LogP contribution in [0.25, 0.3) is 11.3 Å². The summed E-state index contributed by atoms with van der Waals surface area (Å²) in [5, 5.41) is 0. The van der Waals surface area contributed by atoms with Gasteiger partial charge in [0.2, 0.25) is 0 Å². The highest BCUT2D eigenvalue weighted by atomic mass is 16.5. The van der Waals surface area contributed by atoms with Gasteiger partial charge >= 0.3 is 0 Å². The first kappa shape index (κ1) is 14.8. The first-order valence-corrected chi connectivity index (χ1v) is 7.24. The molecule has 5 heteroatoms. The average Bonchev–Trinajstić information content (AvgIpc) is 2.62. The standard InChI is InChI=1S/C18H18N4O/c1-22(14-9-7-13(19)8-10-14)18-11-16(20-12-21-18)15-5-3-4-6-17(15)23-2/h3-12H,19H2,1-2H3. The maximum absolute atomic E-state index is 5.74. The molecule has 5 nitrogen and oxygen atoms in total. The van der Waals surface area contributed by atoms with Gasteiger partial charge in [-0.3, -0.25) is 0 Å². The van der Waals surface area contributed by atoms with Gasteiger partial charge in [-0.2, -0.15) is 0 Å². The Kier molecular flexibility index (Phi) is 4.10. The van der Waals surface area contributed by atoms with E-state index in [-0.39, 0.29) is 0 Å². The first-order valence-electron chi connectivity index (χ1n) is 7.24. The van der Waals surface area contributed by atoms with Gasteiger partial charge in [-0.15, -0.1) is 0 Å². The molecule has 116 valence electrons. The summed E-state index contributed by atoms with van der Waals surface area (Å²) in [5.74, 6) is 1.58. The maximum atomic E-state index is 5.74. The largest absolute Gasteiger partial charge is 0.496 e. The SMILES string of the molecule is COc1ccccc1-c1cc(N(C)c2ccc(N)cc2)ncn1. The highest BCUT2D eigenvalue weighted by Crippen LogP contribution is 2.30. The molecular formula is C18H18N4O. The van der Waals surface area contributed by atoms with Crippen molar-refractivity contribution in [2.75, 3.05) is 24.8 Å². The number of nitrogens with two attached hydrogens (primary N) is 1. The number of ether oxygens (including phenoxy) is 1. The number of anilines is 3. The Bertz CT molecular complexity index is 802. The third-order valence-corrected chi connectivity index (χ3v) is 3.66. The molecule has 0 radical (unpaired) electrons. The molecule has 1 heterocycles. The summed E-state index contributed by atoms with van der Waals surface area (Å²) in [7, 11) is 3.61. The number of hydrogen-bond donors (Lipinski definition) is 1. The van der Waals surface area contributed by atoms with Gasteiger partial charge in [0.1, 0.15) is 17.9 Å². The molecule has 0 spiro atoms. The van der Waals surface area contributed by atoms with Crippen LogP contribution in [-0.4, -0.2) is 24.1 Å². The molecule has 0 aliphatic heterocycles. The highest BCUT2D eigenvalue weighted by molar-refractivity contribution is 5.71. The smallest absolute Gasteiger partial charge is 0.136 e. The van der Waals surface area contributed by atoms with Crippen LogP contribution in [0, 0.1) is 0 Å². The third-order valence-electron chi connectivity index (χ3n) is 3.66. The van der Waals surface area contributed by atoms with E-state index in [1.807, 2.05) is 66.5 Å². The minimum absolute atomic E-state index is 0.736. The van der Waals surface area contributed by atoms with Gasteiger partial charge in [-0.25, -0.2) is 9.97 Å². The first-order chi connectivity index (χ1) is 11.2. The monoisotopic (exact) mass is 306 g/mol. The Hall–Kier alpha value is -3.08. The van der Waals surface area contributed by atoms with Gasteiger partial charge in [0.25, 0.3) is 0 Å². The van der Waals surface area contributed by atoms with Crippen molar-refractivity contribution in [2.45, 2.75) is 0 Å². The van der Waals surface area contributed by atoms with Gasteiger partial charge < -0.3 is 15.4 Å². The normalized spacial score (nSPS) is 10.3. The van der Waals surface area contributed by atoms with Crippen LogP contribution in [0.15, 0.2) is 60.9 Å². The summed E-state index contributed by atoms with van der Waals surface area (Å²) >= 11 is 0. The van der Waals surface area contributed by atoms with Gasteiger partial charge in [-0.05, 0) is 36.4 Å². The Labute approximate surface area is 135 Å². The summed E-state index contributed by atoms with van der Waals surface area (Å²) in [4.78, 5) is 10.7. The molecule has 1 aromatic heterocycles. The van der Waals surface area contributed by atoms with E-state index in [2.05, 4.69) is 9.97 Å². The van der Waals surface area contributed by atoms with E-state index in [0.717, 1.165) is 34.2 Å². The lowest BCUT2D eigenvalue weighted by molar-refractivity contribution is 0.416. The average molecular weight is 306 g/mol. The molecule has 0 amide bonds. The van der Waals surface area contributed by atoms with E-state index >= 15 is 0 Å². The van der Waals surface area contributed by atoms with Crippen LogP contribution >= 0.6 is 0 Å². The lowest BCUT2D eigenvalue weighted by atomic mass is 10.1. The van der Waals surface area contributed by atoms with Crippen molar-refractivity contribution in [3.8, 4) is 17.0 Å². The lowest BCUT2D eigenvalue weighted by Crippen LogP contribution is -2.11. The molecule has 23 heavy (non-hydrogen) atoms. The van der Waals surface area contributed by atoms with Gasteiger partial charge in [-0.1, -0.05) is 12.1 Å². The summed E-state index contributed by atoms with van der Waals surface area (Å²) in [6.45, 7) is 0. The Morgan fingerprint density at radius 3 is 2.48 bits per heavy atom. The van der Waals surface area contributed by atoms with Gasteiger partial charge in [0.05, 0.1) is 12.8 Å². The molecule has 0 unspecified atom stereocenters. The molecule has 0 aliphatic rings. The molecule has 3 rings (SSSR count). The van der Waals surface area contributed by atoms with E-state index in [9.17, 15) is 0 Å². The van der Waals surface area contributed by atoms with Crippen LogP contribution in [0.2, 0.25) is 0 Å². The third kappa shape index (κ3) is 3.08. The topological polar surface area (TPSA) is 64.3 Å². The number of para-hydroxylation sites is 1. The summed E-state index contributed by atoms with van der Waals surface area (Å²) in [6, 6.07) is 17.4. The number of aromatic nitrogens is 2. The molecule has 0 bridgehead atoms. The van der Waals surface area contributed by atoms with Crippen LogP contribution in [0.5, 0.6) is 5.75 Å². The molecule has 3 aromatic rings. The predicted octanol–water partition coefficient (Wildman–Crippen LogP) is 3.50. The van der Waals surface area contributed by atoms with Crippen LogP contribution in [0.3, 0.4) is 0 Å². The number of benzene rings is 2. The number of methoxy groups -OCH3 is 1. The van der Waals surface area contributed by atoms with Crippen molar-refractivity contribution in [3.05, 3.63) is 60.9 Å². The summed E-state index contributed by atoms with van der Waals surface area (Å²) in [5.41, 5.74) is 9.23. The van der Waals surface area contributed by atoms with E-state index in [1.165, 1.54) is 0 Å². The second-order valence-corrected chi connectivity index (χ2v) is 5.11. The fourth-order valence-electron chi connectivity index (χ4n) is 2.36. The number of nitrogen functional groups attached to an aromatic ring is 1. The Balaban J connectivity index is 1.98. The van der Waals surface area contributed by atoms with Crippen molar-refractivity contribution >= 4 is 17.2 Å². The second kappa shape index (κ2) is 6.36. The van der Waals surface area contributed by atoms with E-state index in [0.29, 0.717) is 0 Å². The van der Waals surface area contributed by atoms with Crippen molar-refractivity contribution in [2.24, 2.45) is 0 Å². The molecule has 2 aromatic carbocycles. The highest BCUT2D eigenvalue weighted by Gasteiger charge is 2.10. The van der Waals surface area contributed by atoms with E-state index in [4.69, 9.17) is 10.5 Å². The minimum Gasteiger partial charge on any atom is -0.496 e. The van der Waals surface area contributed by atoms with Crippen molar-refractivity contribution in [3.63, 3.8) is 0 Å². The zero-order chi connectivity index (χ0) is 16.2. The summed E-state index contributed by atoms with van der Waals surface area (Å²) in [6.07, 6.45) is 1.56. The van der Waals surface area contributed by atoms with Crippen molar-refractivity contribution < 1.29 is 4.74 Å². The number of rotatable bonds is 4. The van der Waals surface area contributed by atoms with Crippen molar-refractivity contribution in [1.82, 2.24) is 9.97 Å². The Morgan fingerprint density at radius 1 is 1.00 bits per heavy atom. The molecule has 0 saturated heterocycles. The summed E-state index contributed by atoms with van der Waals surface area (Å²) < 4.78 is 5.41. The van der Waals surface area contributed by atoms with Crippen LogP contribution < -0.4 is 15.4 Å². The minimum atomic E-state index is 0.736. The molecule has 0 saturated carbocycles. The van der Waals surface area contributed by atoms with Crippen LogP contribution in [0.4, 0.5) is 17.2 Å². The van der Waals surface area contributed by atoms with Gasteiger partial charge in [0.15, 0.2) is 0 Å². The molecular weight excluding hydrogens is 288 g/mol. The molecule has 0 atom stereocenters. The van der Waals surface area contributed by atoms with E-state index < -0.39 is 0 Å². The maximum Gasteiger partial charge on any atom is 0.136 e.